The molecule has 2 N–H and O–H groups in total. The van der Waals surface area contributed by atoms with E-state index >= 15 is 0 Å². The second-order valence-corrected chi connectivity index (χ2v) is 9.47. The first-order chi connectivity index (χ1) is 18.8. The molecule has 1 heterocycles. The third kappa shape index (κ3) is 5.61. The van der Waals surface area contributed by atoms with Gasteiger partial charge in [-0.05, 0) is 66.7 Å². The van der Waals surface area contributed by atoms with Crippen LogP contribution in [0.3, 0.4) is 0 Å². The van der Waals surface area contributed by atoms with Crippen molar-refractivity contribution in [3.63, 3.8) is 0 Å². The number of hydrogen-bond donors (Lipinski definition) is 2. The molecule has 39 heavy (non-hydrogen) atoms. The van der Waals surface area contributed by atoms with Gasteiger partial charge in [0.15, 0.2) is 0 Å². The van der Waals surface area contributed by atoms with Crippen molar-refractivity contribution in [1.29, 1.82) is 0 Å². The Hall–Kier alpha value is -4.30. The van der Waals surface area contributed by atoms with Crippen LogP contribution in [0.5, 0.6) is 11.5 Å². The first kappa shape index (κ1) is 26.3. The quantitative estimate of drug-likeness (QED) is 0.222. The van der Waals surface area contributed by atoms with Crippen molar-refractivity contribution in [2.45, 2.75) is 0 Å². The minimum Gasteiger partial charge on any atom is -0.457 e. The molecule has 1 aliphatic rings. The maximum atomic E-state index is 13.2. The summed E-state index contributed by atoms with van der Waals surface area (Å²) < 4.78 is 5.77. The molecule has 194 valence electrons. The molecule has 0 saturated heterocycles. The molecule has 0 bridgehead atoms. The molecular formula is C29H18Cl3N3O4. The van der Waals surface area contributed by atoms with Crippen molar-refractivity contribution >= 4 is 69.6 Å². The Labute approximate surface area is 238 Å². The normalized spacial score (nSPS) is 13.1. The zero-order chi connectivity index (χ0) is 27.5. The fourth-order valence-electron chi connectivity index (χ4n) is 3.81. The number of benzene rings is 4. The molecule has 0 saturated carbocycles. The lowest BCUT2D eigenvalue weighted by Gasteiger charge is -2.16. The summed E-state index contributed by atoms with van der Waals surface area (Å²) in [5.74, 6) is -0.569. The van der Waals surface area contributed by atoms with Gasteiger partial charge in [0.05, 0.1) is 21.4 Å². The highest BCUT2D eigenvalue weighted by molar-refractivity contribution is 6.53. The molecule has 10 heteroatoms. The van der Waals surface area contributed by atoms with E-state index in [0.717, 1.165) is 4.90 Å². The van der Waals surface area contributed by atoms with Crippen molar-refractivity contribution in [3.05, 3.63) is 123 Å². The van der Waals surface area contributed by atoms with Gasteiger partial charge >= 0.3 is 0 Å². The number of anilines is 3. The zero-order valence-corrected chi connectivity index (χ0v) is 22.2. The van der Waals surface area contributed by atoms with E-state index in [1.54, 1.807) is 60.7 Å². The summed E-state index contributed by atoms with van der Waals surface area (Å²) in [6, 6.07) is 26.9. The molecule has 0 aromatic heterocycles. The summed E-state index contributed by atoms with van der Waals surface area (Å²) >= 11 is 18.5. The highest BCUT2D eigenvalue weighted by atomic mass is 35.5. The Kier molecular flexibility index (Phi) is 7.56. The van der Waals surface area contributed by atoms with Gasteiger partial charge in [-0.25, -0.2) is 4.90 Å². The molecule has 0 atom stereocenters. The SMILES string of the molecule is O=C(Nc1cccc(Cl)c1Cl)c1cccc(NC2=C(Cl)C(=O)N(c3ccc(Oc4ccccc4)cc3)C2=O)c1. The maximum Gasteiger partial charge on any atom is 0.283 e. The van der Waals surface area contributed by atoms with Gasteiger partial charge in [0, 0.05) is 11.3 Å². The molecule has 4 aromatic rings. The third-order valence-electron chi connectivity index (χ3n) is 5.70. The summed E-state index contributed by atoms with van der Waals surface area (Å²) in [5, 5.41) is 5.83. The van der Waals surface area contributed by atoms with E-state index in [4.69, 9.17) is 39.5 Å². The van der Waals surface area contributed by atoms with Gasteiger partial charge in [0.25, 0.3) is 17.7 Å². The van der Waals surface area contributed by atoms with E-state index in [2.05, 4.69) is 10.6 Å². The smallest absolute Gasteiger partial charge is 0.283 e. The minimum atomic E-state index is -0.676. The lowest BCUT2D eigenvalue weighted by Crippen LogP contribution is -2.32. The monoisotopic (exact) mass is 577 g/mol. The summed E-state index contributed by atoms with van der Waals surface area (Å²) in [6.07, 6.45) is 0. The van der Waals surface area contributed by atoms with Crippen LogP contribution in [-0.2, 0) is 9.59 Å². The Morgan fingerprint density at radius 2 is 1.44 bits per heavy atom. The number of ether oxygens (including phenoxy) is 1. The summed E-state index contributed by atoms with van der Waals surface area (Å²) in [5.41, 5.74) is 1.22. The largest absolute Gasteiger partial charge is 0.457 e. The van der Waals surface area contributed by atoms with Crippen LogP contribution in [-0.4, -0.2) is 17.7 Å². The highest BCUT2D eigenvalue weighted by Gasteiger charge is 2.39. The molecule has 5 rings (SSSR count). The topological polar surface area (TPSA) is 87.7 Å². The summed E-state index contributed by atoms with van der Waals surface area (Å²) in [4.78, 5) is 39.9. The number of rotatable bonds is 7. The fraction of sp³-hybridized carbons (Fsp3) is 0. The van der Waals surface area contributed by atoms with Crippen LogP contribution in [0.1, 0.15) is 10.4 Å². The average Bonchev–Trinajstić information content (AvgIpc) is 3.15. The number of carbonyl (C=O) groups excluding carboxylic acids is 3. The van der Waals surface area contributed by atoms with Crippen molar-refractivity contribution < 1.29 is 19.1 Å². The van der Waals surface area contributed by atoms with E-state index in [1.165, 1.54) is 6.07 Å². The molecule has 0 spiro atoms. The van der Waals surface area contributed by atoms with Crippen molar-refractivity contribution in [1.82, 2.24) is 0 Å². The van der Waals surface area contributed by atoms with Crippen LogP contribution in [0.2, 0.25) is 10.0 Å². The number of hydrogen-bond acceptors (Lipinski definition) is 5. The van der Waals surface area contributed by atoms with Crippen molar-refractivity contribution in [3.8, 4) is 11.5 Å². The van der Waals surface area contributed by atoms with E-state index < -0.39 is 17.7 Å². The van der Waals surface area contributed by atoms with Crippen LogP contribution in [0.25, 0.3) is 0 Å². The van der Waals surface area contributed by atoms with E-state index in [9.17, 15) is 14.4 Å². The predicted octanol–water partition coefficient (Wildman–Crippen LogP) is 7.47. The van der Waals surface area contributed by atoms with Crippen molar-refractivity contribution in [2.24, 2.45) is 0 Å². The van der Waals surface area contributed by atoms with Gasteiger partial charge in [-0.15, -0.1) is 0 Å². The second-order valence-electron chi connectivity index (χ2n) is 8.31. The van der Waals surface area contributed by atoms with Gasteiger partial charge < -0.3 is 15.4 Å². The van der Waals surface area contributed by atoms with Gasteiger partial charge in [-0.1, -0.05) is 65.1 Å². The Morgan fingerprint density at radius 1 is 0.744 bits per heavy atom. The van der Waals surface area contributed by atoms with Gasteiger partial charge in [0.2, 0.25) is 0 Å². The van der Waals surface area contributed by atoms with Crippen LogP contribution in [0, 0.1) is 0 Å². The average molecular weight is 579 g/mol. The molecule has 0 unspecified atom stereocenters. The molecule has 4 aromatic carbocycles. The Balaban J connectivity index is 1.30. The lowest BCUT2D eigenvalue weighted by atomic mass is 10.1. The molecule has 1 aliphatic heterocycles. The number of carbonyl (C=O) groups is 3. The van der Waals surface area contributed by atoms with Crippen LogP contribution in [0.4, 0.5) is 17.1 Å². The van der Waals surface area contributed by atoms with Crippen LogP contribution in [0.15, 0.2) is 108 Å². The van der Waals surface area contributed by atoms with E-state index in [-0.39, 0.29) is 21.3 Å². The number of nitrogens with one attached hydrogen (secondary N) is 2. The molecule has 3 amide bonds. The summed E-state index contributed by atoms with van der Waals surface area (Å²) in [7, 11) is 0. The number of nitrogens with zero attached hydrogens (tertiary/aromatic N) is 1. The Bertz CT molecular complexity index is 1620. The van der Waals surface area contributed by atoms with Gasteiger partial charge in [-0.3, -0.25) is 14.4 Å². The lowest BCUT2D eigenvalue weighted by molar-refractivity contribution is -0.120. The fourth-order valence-corrected chi connectivity index (χ4v) is 4.37. The molecule has 0 fully saturated rings. The Morgan fingerprint density at radius 3 is 2.18 bits per heavy atom. The van der Waals surface area contributed by atoms with Crippen molar-refractivity contribution in [2.75, 3.05) is 15.5 Å². The van der Waals surface area contributed by atoms with E-state index in [0.29, 0.717) is 33.6 Å². The second kappa shape index (κ2) is 11.2. The number of amides is 3. The maximum absolute atomic E-state index is 13.2. The number of imide groups is 1. The third-order valence-corrected chi connectivity index (χ3v) is 6.86. The highest BCUT2D eigenvalue weighted by Crippen LogP contribution is 2.33. The molecular weight excluding hydrogens is 561 g/mol. The molecule has 7 nitrogen and oxygen atoms in total. The number of para-hydroxylation sites is 1. The first-order valence-electron chi connectivity index (χ1n) is 11.6. The molecule has 0 aliphatic carbocycles. The minimum absolute atomic E-state index is 0.110. The molecule has 0 radical (unpaired) electrons. The van der Waals surface area contributed by atoms with Gasteiger partial charge in [0.1, 0.15) is 22.2 Å². The van der Waals surface area contributed by atoms with Gasteiger partial charge in [-0.2, -0.15) is 0 Å². The zero-order valence-electron chi connectivity index (χ0n) is 20.0. The first-order valence-corrected chi connectivity index (χ1v) is 12.7. The number of halogens is 3. The standard InChI is InChI=1S/C29H18Cl3N3O4/c30-22-10-5-11-23(24(22)31)34-27(36)17-6-4-7-18(16-17)33-26-25(32)28(37)35(29(26)38)19-12-14-21(15-13-19)39-20-8-2-1-3-9-20/h1-16,33H,(H,34,36). The van der Waals surface area contributed by atoms with E-state index in [1.807, 2.05) is 30.3 Å². The summed E-state index contributed by atoms with van der Waals surface area (Å²) in [6.45, 7) is 0. The van der Waals surface area contributed by atoms with Crippen LogP contribution >= 0.6 is 34.8 Å². The predicted molar refractivity (Wildman–Crippen MR) is 153 cm³/mol. The van der Waals surface area contributed by atoms with Crippen LogP contribution < -0.4 is 20.3 Å².